The Kier molecular flexibility index (Phi) is 5.69. The molecule has 0 radical (unpaired) electrons. The molecule has 0 amide bonds. The number of halogens is 2. The predicted octanol–water partition coefficient (Wildman–Crippen LogP) is 1.03. The molecule has 0 bridgehead atoms. The van der Waals surface area contributed by atoms with Crippen molar-refractivity contribution in [3.8, 4) is 0 Å². The molecule has 0 aromatic carbocycles. The smallest absolute Gasteiger partial charge is 0.215 e. The van der Waals surface area contributed by atoms with Gasteiger partial charge in [0.15, 0.2) is 0 Å². The number of hydrogen-bond acceptors (Lipinski definition) is 4. The summed E-state index contributed by atoms with van der Waals surface area (Å²) in [4.78, 5) is 0. The number of sulfonamides is 1. The van der Waals surface area contributed by atoms with Gasteiger partial charge in [-0.2, -0.15) is 0 Å². The van der Waals surface area contributed by atoms with Crippen molar-refractivity contribution in [2.24, 2.45) is 0 Å². The molecular weight excluding hydrogens is 410 g/mol. The summed E-state index contributed by atoms with van der Waals surface area (Å²) < 4.78 is 49.6. The maximum Gasteiger partial charge on any atom is 0.215 e. The van der Waals surface area contributed by atoms with E-state index in [1.54, 1.807) is 6.92 Å². The van der Waals surface area contributed by atoms with Crippen molar-refractivity contribution in [2.75, 3.05) is 22.2 Å². The van der Waals surface area contributed by atoms with Crippen LogP contribution in [0.1, 0.15) is 19.8 Å². The highest BCUT2D eigenvalue weighted by atomic mass is 79.9. The van der Waals surface area contributed by atoms with Crippen LogP contribution in [0.4, 0.5) is 0 Å². The van der Waals surface area contributed by atoms with Gasteiger partial charge in [0.1, 0.15) is 9.84 Å². The van der Waals surface area contributed by atoms with Gasteiger partial charge in [-0.15, -0.1) is 0 Å². The summed E-state index contributed by atoms with van der Waals surface area (Å²) in [6, 6.07) is 0. The highest BCUT2D eigenvalue weighted by Gasteiger charge is 2.36. The van der Waals surface area contributed by atoms with E-state index in [-0.39, 0.29) is 24.3 Å². The molecule has 9 heteroatoms. The second-order valence-corrected chi connectivity index (χ2v) is 10.2. The van der Waals surface area contributed by atoms with Crippen LogP contribution >= 0.6 is 31.9 Å². The fourth-order valence-corrected chi connectivity index (χ4v) is 6.92. The van der Waals surface area contributed by atoms with Crippen LogP contribution < -0.4 is 4.72 Å². The Morgan fingerprint density at radius 3 is 2.06 bits per heavy atom. The first kappa shape index (κ1) is 16.9. The molecule has 5 nitrogen and oxygen atoms in total. The van der Waals surface area contributed by atoms with E-state index < -0.39 is 30.6 Å². The van der Waals surface area contributed by atoms with Crippen molar-refractivity contribution in [1.82, 2.24) is 4.72 Å². The third kappa shape index (κ3) is 4.43. The molecule has 0 atom stereocenters. The monoisotopic (exact) mass is 425 g/mol. The third-order valence-corrected chi connectivity index (χ3v) is 9.24. The van der Waals surface area contributed by atoms with Crippen molar-refractivity contribution in [3.05, 3.63) is 0 Å². The number of nitrogens with one attached hydrogen (secondary N) is 1. The summed E-state index contributed by atoms with van der Waals surface area (Å²) in [5.41, 5.74) is -0.602. The van der Waals surface area contributed by atoms with Crippen LogP contribution in [0.25, 0.3) is 0 Å². The normalized spacial score (nSPS) is 21.9. The van der Waals surface area contributed by atoms with E-state index in [0.29, 0.717) is 10.7 Å². The van der Waals surface area contributed by atoms with Crippen LogP contribution in [0.15, 0.2) is 0 Å². The lowest BCUT2D eigenvalue weighted by Crippen LogP contribution is -2.52. The average Bonchev–Trinajstić information content (AvgIpc) is 2.27. The standard InChI is InChI=1S/C9H17Br2NO4S2/c1-9(6-10,7-11)12-18(15,16)8-2-4-17(13,14)5-3-8/h8,12H,2-7H2,1H3. The summed E-state index contributed by atoms with van der Waals surface area (Å²) in [5.74, 6) is -0.0875. The molecule has 1 aliphatic heterocycles. The number of hydrogen-bond donors (Lipinski definition) is 1. The van der Waals surface area contributed by atoms with Crippen molar-refractivity contribution in [3.63, 3.8) is 0 Å². The second kappa shape index (κ2) is 6.07. The van der Waals surface area contributed by atoms with E-state index in [2.05, 4.69) is 36.6 Å². The maximum atomic E-state index is 12.2. The molecule has 108 valence electrons. The van der Waals surface area contributed by atoms with Crippen LogP contribution in [-0.2, 0) is 19.9 Å². The zero-order valence-corrected chi connectivity index (χ0v) is 14.8. The van der Waals surface area contributed by atoms with Crippen LogP contribution in [0.3, 0.4) is 0 Å². The Hall–Kier alpha value is 0.820. The third-order valence-electron chi connectivity index (χ3n) is 2.92. The van der Waals surface area contributed by atoms with Crippen molar-refractivity contribution in [2.45, 2.75) is 30.6 Å². The summed E-state index contributed by atoms with van der Waals surface area (Å²) in [6.07, 6.45) is 0.358. The van der Waals surface area contributed by atoms with Crippen LogP contribution in [0.5, 0.6) is 0 Å². The molecular formula is C9H17Br2NO4S2. The molecule has 1 rings (SSSR count). The quantitative estimate of drug-likeness (QED) is 0.665. The van der Waals surface area contributed by atoms with Crippen LogP contribution in [0.2, 0.25) is 0 Å². The van der Waals surface area contributed by atoms with Gasteiger partial charge in [0.2, 0.25) is 10.0 Å². The first-order chi connectivity index (χ1) is 8.14. The Morgan fingerprint density at radius 1 is 1.22 bits per heavy atom. The Morgan fingerprint density at radius 2 is 1.67 bits per heavy atom. The van der Waals surface area contributed by atoms with Gasteiger partial charge in [-0.3, -0.25) is 0 Å². The molecule has 0 saturated carbocycles. The molecule has 1 fully saturated rings. The summed E-state index contributed by atoms with van der Waals surface area (Å²) >= 11 is 6.55. The predicted molar refractivity (Wildman–Crippen MR) is 79.7 cm³/mol. The molecule has 1 N–H and O–H groups in total. The largest absolute Gasteiger partial charge is 0.229 e. The van der Waals surface area contributed by atoms with Crippen molar-refractivity contribution >= 4 is 51.7 Å². The lowest BCUT2D eigenvalue weighted by atomic mass is 10.1. The number of rotatable bonds is 5. The molecule has 18 heavy (non-hydrogen) atoms. The lowest BCUT2D eigenvalue weighted by molar-refractivity contribution is 0.492. The SMILES string of the molecule is CC(CBr)(CBr)NS(=O)(=O)C1CCS(=O)(=O)CC1. The molecule has 0 spiro atoms. The Bertz CT molecular complexity index is 471. The van der Waals surface area contributed by atoms with Gasteiger partial charge in [-0.25, -0.2) is 21.6 Å². The number of alkyl halides is 2. The van der Waals surface area contributed by atoms with Gasteiger partial charge in [0, 0.05) is 16.2 Å². The summed E-state index contributed by atoms with van der Waals surface area (Å²) in [5, 5.41) is 0.351. The minimum absolute atomic E-state index is 0.0437. The Balaban J connectivity index is 2.77. The molecule has 0 aromatic heterocycles. The molecule has 1 saturated heterocycles. The highest BCUT2D eigenvalue weighted by molar-refractivity contribution is 9.09. The van der Waals surface area contributed by atoms with Crippen LogP contribution in [-0.4, -0.2) is 49.8 Å². The van der Waals surface area contributed by atoms with E-state index in [4.69, 9.17) is 0 Å². The molecule has 0 aliphatic carbocycles. The average molecular weight is 427 g/mol. The minimum Gasteiger partial charge on any atom is -0.229 e. The molecule has 0 aromatic rings. The van der Waals surface area contributed by atoms with Gasteiger partial charge >= 0.3 is 0 Å². The topological polar surface area (TPSA) is 80.3 Å². The highest BCUT2D eigenvalue weighted by Crippen LogP contribution is 2.22. The lowest BCUT2D eigenvalue weighted by Gasteiger charge is -2.30. The fourth-order valence-electron chi connectivity index (χ4n) is 1.70. The van der Waals surface area contributed by atoms with E-state index in [1.165, 1.54) is 0 Å². The maximum absolute atomic E-state index is 12.2. The van der Waals surface area contributed by atoms with Gasteiger partial charge in [-0.1, -0.05) is 31.9 Å². The Labute approximate surface area is 125 Å². The molecule has 1 heterocycles. The summed E-state index contributed by atoms with van der Waals surface area (Å²) in [7, 11) is -6.53. The van der Waals surface area contributed by atoms with Crippen molar-refractivity contribution in [1.29, 1.82) is 0 Å². The van der Waals surface area contributed by atoms with E-state index >= 15 is 0 Å². The van der Waals surface area contributed by atoms with E-state index in [0.717, 1.165) is 0 Å². The molecule has 1 aliphatic rings. The second-order valence-electron chi connectivity index (χ2n) is 4.83. The molecule has 0 unspecified atom stereocenters. The van der Waals surface area contributed by atoms with Gasteiger partial charge in [0.25, 0.3) is 0 Å². The summed E-state index contributed by atoms with van der Waals surface area (Å²) in [6.45, 7) is 1.79. The van der Waals surface area contributed by atoms with E-state index in [1.807, 2.05) is 0 Å². The fraction of sp³-hybridized carbons (Fsp3) is 1.00. The van der Waals surface area contributed by atoms with Gasteiger partial charge < -0.3 is 0 Å². The van der Waals surface area contributed by atoms with E-state index in [9.17, 15) is 16.8 Å². The zero-order valence-electron chi connectivity index (χ0n) is 10.0. The van der Waals surface area contributed by atoms with Crippen LogP contribution in [0, 0.1) is 0 Å². The van der Waals surface area contributed by atoms with Crippen molar-refractivity contribution < 1.29 is 16.8 Å². The zero-order chi connectivity index (χ0) is 14.0. The van der Waals surface area contributed by atoms with Gasteiger partial charge in [-0.05, 0) is 19.8 Å². The first-order valence-corrected chi connectivity index (χ1v) is 11.1. The van der Waals surface area contributed by atoms with Gasteiger partial charge in [0.05, 0.1) is 16.8 Å². The number of sulfone groups is 1. The minimum atomic E-state index is -3.49. The first-order valence-electron chi connectivity index (χ1n) is 5.49.